The molecule has 0 spiro atoms. The fourth-order valence-electron chi connectivity index (χ4n) is 4.69. The molecule has 188 valence electrons. The van der Waals surface area contributed by atoms with E-state index < -0.39 is 4.92 Å². The van der Waals surface area contributed by atoms with Crippen LogP contribution >= 0.6 is 0 Å². The van der Waals surface area contributed by atoms with Gasteiger partial charge in [0.05, 0.1) is 31.3 Å². The van der Waals surface area contributed by atoms with Crippen molar-refractivity contribution in [2.24, 2.45) is 7.05 Å². The van der Waals surface area contributed by atoms with Crippen LogP contribution in [0.15, 0.2) is 60.8 Å². The van der Waals surface area contributed by atoms with Gasteiger partial charge in [-0.1, -0.05) is 42.5 Å². The van der Waals surface area contributed by atoms with Crippen LogP contribution in [0.4, 0.5) is 5.82 Å². The predicted molar refractivity (Wildman–Crippen MR) is 138 cm³/mol. The molecule has 36 heavy (non-hydrogen) atoms. The molecule has 10 heteroatoms. The summed E-state index contributed by atoms with van der Waals surface area (Å²) in [4.78, 5) is 24.9. The van der Waals surface area contributed by atoms with Crippen LogP contribution in [0.3, 0.4) is 0 Å². The maximum absolute atomic E-state index is 11.3. The molecule has 0 atom stereocenters. The number of imidazole rings is 2. The highest BCUT2D eigenvalue weighted by atomic mass is 16.6. The SMILES string of the molecule is Cn1c([N+](=O)[O-])cnc1-c1nc2ccccc2n1CCN1CCN(CCOCc2ccccc2)CC1. The molecular formula is C26H31N7O3. The number of para-hydroxylation sites is 2. The first kappa shape index (κ1) is 24.1. The minimum atomic E-state index is -0.421. The lowest BCUT2D eigenvalue weighted by atomic mass is 10.2. The van der Waals surface area contributed by atoms with E-state index in [1.807, 2.05) is 42.5 Å². The molecule has 4 aromatic rings. The monoisotopic (exact) mass is 489 g/mol. The van der Waals surface area contributed by atoms with Crippen LogP contribution in [0.5, 0.6) is 0 Å². The van der Waals surface area contributed by atoms with Crippen molar-refractivity contribution < 1.29 is 9.66 Å². The Morgan fingerprint density at radius 1 is 0.917 bits per heavy atom. The summed E-state index contributed by atoms with van der Waals surface area (Å²) < 4.78 is 9.48. The topological polar surface area (TPSA) is 94.5 Å². The Morgan fingerprint density at radius 2 is 1.61 bits per heavy atom. The van der Waals surface area contributed by atoms with Crippen molar-refractivity contribution in [1.82, 2.24) is 28.9 Å². The second-order valence-electron chi connectivity index (χ2n) is 9.05. The molecule has 2 aromatic heterocycles. The second-order valence-corrected chi connectivity index (χ2v) is 9.05. The first-order valence-corrected chi connectivity index (χ1v) is 12.3. The van der Waals surface area contributed by atoms with E-state index in [4.69, 9.17) is 9.72 Å². The van der Waals surface area contributed by atoms with Gasteiger partial charge in [0.25, 0.3) is 5.82 Å². The van der Waals surface area contributed by atoms with E-state index in [2.05, 4.69) is 31.5 Å². The standard InChI is InChI=1S/C26H31N7O3/c1-29-24(33(34)35)19-27-25(29)26-28-22-9-5-6-10-23(22)32(26)16-15-30-11-13-31(14-12-30)17-18-36-20-21-7-3-2-4-8-21/h2-10,19H,11-18,20H2,1H3. The summed E-state index contributed by atoms with van der Waals surface area (Å²) in [6.45, 7) is 7.94. The lowest BCUT2D eigenvalue weighted by Gasteiger charge is -2.34. The lowest BCUT2D eigenvalue weighted by molar-refractivity contribution is -0.391. The smallest absolute Gasteiger partial charge is 0.343 e. The van der Waals surface area contributed by atoms with Crippen LogP contribution < -0.4 is 0 Å². The first-order chi connectivity index (χ1) is 17.6. The van der Waals surface area contributed by atoms with Crippen molar-refractivity contribution in [3.63, 3.8) is 0 Å². The zero-order valence-electron chi connectivity index (χ0n) is 20.5. The van der Waals surface area contributed by atoms with Gasteiger partial charge in [-0.3, -0.25) is 9.80 Å². The summed E-state index contributed by atoms with van der Waals surface area (Å²) in [6.07, 6.45) is 1.29. The average molecular weight is 490 g/mol. The van der Waals surface area contributed by atoms with Crippen LogP contribution in [0.2, 0.25) is 0 Å². The van der Waals surface area contributed by atoms with Gasteiger partial charge in [-0.05, 0) is 22.6 Å². The number of fused-ring (bicyclic) bond motifs is 1. The molecule has 1 aliphatic heterocycles. The molecule has 0 amide bonds. The van der Waals surface area contributed by atoms with Gasteiger partial charge in [0.2, 0.25) is 5.82 Å². The number of ether oxygens (including phenoxy) is 1. The third kappa shape index (κ3) is 5.30. The van der Waals surface area contributed by atoms with Gasteiger partial charge in [0.1, 0.15) is 6.20 Å². The third-order valence-electron chi connectivity index (χ3n) is 6.77. The molecule has 0 N–H and O–H groups in total. The van der Waals surface area contributed by atoms with Crippen LogP contribution in [0.1, 0.15) is 5.56 Å². The lowest BCUT2D eigenvalue weighted by Crippen LogP contribution is -2.48. The van der Waals surface area contributed by atoms with Crippen molar-refractivity contribution in [2.75, 3.05) is 45.9 Å². The van der Waals surface area contributed by atoms with Crippen LogP contribution in [-0.2, 0) is 24.9 Å². The molecule has 2 aromatic carbocycles. The van der Waals surface area contributed by atoms with Gasteiger partial charge < -0.3 is 19.4 Å². The molecule has 0 bridgehead atoms. The Kier molecular flexibility index (Phi) is 7.36. The fourth-order valence-corrected chi connectivity index (χ4v) is 4.69. The molecule has 1 fully saturated rings. The first-order valence-electron chi connectivity index (χ1n) is 12.3. The highest BCUT2D eigenvalue weighted by Crippen LogP contribution is 2.26. The number of aromatic nitrogens is 4. The predicted octanol–water partition coefficient (Wildman–Crippen LogP) is 3.18. The highest BCUT2D eigenvalue weighted by molar-refractivity contribution is 5.79. The number of benzene rings is 2. The van der Waals surface area contributed by atoms with Crippen molar-refractivity contribution in [1.29, 1.82) is 0 Å². The van der Waals surface area contributed by atoms with Gasteiger partial charge in [-0.2, -0.15) is 0 Å². The number of hydrogen-bond donors (Lipinski definition) is 0. The molecule has 5 rings (SSSR count). The van der Waals surface area contributed by atoms with E-state index in [0.717, 1.165) is 63.5 Å². The molecule has 0 aliphatic carbocycles. The summed E-state index contributed by atoms with van der Waals surface area (Å²) >= 11 is 0. The quantitative estimate of drug-likeness (QED) is 0.192. The zero-order valence-corrected chi connectivity index (χ0v) is 20.5. The maximum atomic E-state index is 11.3. The summed E-state index contributed by atoms with van der Waals surface area (Å²) in [5.74, 6) is 1.10. The summed E-state index contributed by atoms with van der Waals surface area (Å²) in [6, 6.07) is 18.2. The Bertz CT molecular complexity index is 1310. The van der Waals surface area contributed by atoms with Gasteiger partial charge in [-0.15, -0.1) is 0 Å². The van der Waals surface area contributed by atoms with Crippen molar-refractivity contribution in [3.05, 3.63) is 76.5 Å². The minimum absolute atomic E-state index is 0.0486. The Hall–Kier alpha value is -3.60. The molecule has 1 aliphatic rings. The normalized spacial score (nSPS) is 15.0. The maximum Gasteiger partial charge on any atom is 0.343 e. The van der Waals surface area contributed by atoms with Gasteiger partial charge in [0.15, 0.2) is 0 Å². The van der Waals surface area contributed by atoms with Crippen LogP contribution in [-0.4, -0.2) is 79.7 Å². The summed E-state index contributed by atoms with van der Waals surface area (Å²) in [5.41, 5.74) is 3.07. The molecular weight excluding hydrogens is 458 g/mol. The summed E-state index contributed by atoms with van der Waals surface area (Å²) in [5, 5.41) is 11.3. The largest absolute Gasteiger partial charge is 0.375 e. The van der Waals surface area contributed by atoms with Crippen molar-refractivity contribution in [3.8, 4) is 11.6 Å². The number of nitro groups is 1. The summed E-state index contributed by atoms with van der Waals surface area (Å²) in [7, 11) is 1.66. The molecule has 10 nitrogen and oxygen atoms in total. The zero-order chi connectivity index (χ0) is 24.9. The molecule has 0 unspecified atom stereocenters. The molecule has 0 radical (unpaired) electrons. The van der Waals surface area contributed by atoms with E-state index in [9.17, 15) is 10.1 Å². The molecule has 3 heterocycles. The fraction of sp³-hybridized carbons (Fsp3) is 0.385. The van der Waals surface area contributed by atoms with Gasteiger partial charge in [0, 0.05) is 45.8 Å². The van der Waals surface area contributed by atoms with E-state index in [0.29, 0.717) is 18.3 Å². The molecule has 1 saturated heterocycles. The van der Waals surface area contributed by atoms with E-state index in [-0.39, 0.29) is 5.82 Å². The number of hydrogen-bond acceptors (Lipinski definition) is 7. The second kappa shape index (κ2) is 11.0. The Morgan fingerprint density at radius 3 is 2.33 bits per heavy atom. The van der Waals surface area contributed by atoms with Crippen molar-refractivity contribution in [2.45, 2.75) is 13.2 Å². The Labute approximate surface area is 209 Å². The van der Waals surface area contributed by atoms with Gasteiger partial charge in [-0.25, -0.2) is 14.5 Å². The van der Waals surface area contributed by atoms with Crippen LogP contribution in [0, 0.1) is 10.1 Å². The molecule has 0 saturated carbocycles. The Balaban J connectivity index is 1.17. The van der Waals surface area contributed by atoms with E-state index in [1.165, 1.54) is 16.3 Å². The van der Waals surface area contributed by atoms with Gasteiger partial charge >= 0.3 is 5.82 Å². The van der Waals surface area contributed by atoms with E-state index >= 15 is 0 Å². The highest BCUT2D eigenvalue weighted by Gasteiger charge is 2.24. The number of nitrogens with zero attached hydrogens (tertiary/aromatic N) is 7. The van der Waals surface area contributed by atoms with Crippen LogP contribution in [0.25, 0.3) is 22.7 Å². The number of rotatable bonds is 10. The van der Waals surface area contributed by atoms with Crippen molar-refractivity contribution >= 4 is 16.9 Å². The minimum Gasteiger partial charge on any atom is -0.375 e. The number of piperazine rings is 1. The third-order valence-corrected chi connectivity index (χ3v) is 6.77. The average Bonchev–Trinajstić information content (AvgIpc) is 3.46. The van der Waals surface area contributed by atoms with E-state index in [1.54, 1.807) is 7.05 Å².